The first-order valence-corrected chi connectivity index (χ1v) is 12.0. The number of cyclic esters (lactones) is 1. The van der Waals surface area contributed by atoms with Crippen LogP contribution in [-0.4, -0.2) is 11.9 Å². The summed E-state index contributed by atoms with van der Waals surface area (Å²) in [6.45, 7) is 2.02. The Labute approximate surface area is 199 Å². The number of hydrogen-bond donors (Lipinski definition) is 1. The zero-order chi connectivity index (χ0) is 23.3. The normalized spacial score (nSPS) is 27.3. The maximum Gasteiger partial charge on any atom is 0.311 e. The quantitative estimate of drug-likeness (QED) is 0.518. The molecule has 4 atom stereocenters. The van der Waals surface area contributed by atoms with Crippen LogP contribution in [0.1, 0.15) is 36.5 Å². The first-order valence-electron chi connectivity index (χ1n) is 12.0. The Morgan fingerprint density at radius 1 is 0.912 bits per heavy atom. The van der Waals surface area contributed by atoms with E-state index in [1.54, 1.807) is 0 Å². The lowest BCUT2D eigenvalue weighted by molar-refractivity contribution is -0.152. The topological polar surface area (TPSA) is 55.4 Å². The van der Waals surface area contributed by atoms with Crippen molar-refractivity contribution in [3.05, 3.63) is 107 Å². The van der Waals surface area contributed by atoms with Crippen molar-refractivity contribution in [3.8, 4) is 0 Å². The van der Waals surface area contributed by atoms with Gasteiger partial charge in [-0.2, -0.15) is 0 Å². The average molecular weight is 450 g/mol. The highest BCUT2D eigenvalue weighted by atomic mass is 16.6. The van der Waals surface area contributed by atoms with Crippen LogP contribution in [0.15, 0.2) is 90.5 Å². The van der Waals surface area contributed by atoms with Gasteiger partial charge in [0.05, 0.1) is 11.8 Å². The standard InChI is InChI=1S/C30H27NO3/c1-30(21-11-4-2-5-12-21)27-25-20(17-16-19-10-8-9-15-23(19)25)18-24(26(27)29(33)34-30)28(32)31-22-13-6-3-7-14-22/h2-15,24,26-27H,16-18H2,1H3,(H,31,32)/t24-,26-,27+,30+/m0/s1. The maximum absolute atomic E-state index is 13.6. The third kappa shape index (κ3) is 3.20. The van der Waals surface area contributed by atoms with E-state index in [9.17, 15) is 9.59 Å². The molecule has 1 aliphatic heterocycles. The molecular weight excluding hydrogens is 422 g/mol. The van der Waals surface area contributed by atoms with Gasteiger partial charge in [0.2, 0.25) is 5.91 Å². The van der Waals surface area contributed by atoms with Gasteiger partial charge < -0.3 is 10.1 Å². The van der Waals surface area contributed by atoms with Gasteiger partial charge >= 0.3 is 5.97 Å². The monoisotopic (exact) mass is 449 g/mol. The lowest BCUT2D eigenvalue weighted by atomic mass is 9.59. The van der Waals surface area contributed by atoms with Gasteiger partial charge in [-0.05, 0) is 60.6 Å². The molecule has 0 unspecified atom stereocenters. The van der Waals surface area contributed by atoms with Crippen molar-refractivity contribution >= 4 is 23.1 Å². The van der Waals surface area contributed by atoms with Gasteiger partial charge in [-0.3, -0.25) is 9.59 Å². The predicted octanol–water partition coefficient (Wildman–Crippen LogP) is 5.75. The van der Waals surface area contributed by atoms with Gasteiger partial charge in [0.25, 0.3) is 0 Å². The van der Waals surface area contributed by atoms with Crippen molar-refractivity contribution in [1.29, 1.82) is 0 Å². The molecule has 0 spiro atoms. The van der Waals surface area contributed by atoms with Crippen molar-refractivity contribution < 1.29 is 14.3 Å². The number of fused-ring (bicyclic) bond motifs is 4. The zero-order valence-corrected chi connectivity index (χ0v) is 19.2. The molecule has 4 heteroatoms. The van der Waals surface area contributed by atoms with Crippen molar-refractivity contribution in [2.75, 3.05) is 5.32 Å². The summed E-state index contributed by atoms with van der Waals surface area (Å²) in [5.74, 6) is -1.61. The number of esters is 1. The van der Waals surface area contributed by atoms with Gasteiger partial charge in [0.1, 0.15) is 5.60 Å². The van der Waals surface area contributed by atoms with Crippen LogP contribution < -0.4 is 5.32 Å². The van der Waals surface area contributed by atoms with Crippen LogP contribution in [0.4, 0.5) is 5.69 Å². The molecule has 0 bridgehead atoms. The van der Waals surface area contributed by atoms with Gasteiger partial charge in [-0.1, -0.05) is 78.4 Å². The van der Waals surface area contributed by atoms with Gasteiger partial charge in [0, 0.05) is 11.6 Å². The third-order valence-electron chi connectivity index (χ3n) is 7.86. The SMILES string of the molecule is C[C@]1(c2ccccc2)OC(=O)[C@H]2[C@@H](C(=O)Nc3ccccc3)CC3=C(c4ccccc4CC3)[C@H]21. The average Bonchev–Trinajstić information content (AvgIpc) is 3.16. The van der Waals surface area contributed by atoms with Crippen LogP contribution in [0, 0.1) is 17.8 Å². The number of anilines is 1. The molecule has 1 amide bonds. The van der Waals surface area contributed by atoms with E-state index in [0.717, 1.165) is 24.1 Å². The summed E-state index contributed by atoms with van der Waals surface area (Å²) in [6, 6.07) is 27.9. The summed E-state index contributed by atoms with van der Waals surface area (Å²) in [6.07, 6.45) is 2.45. The third-order valence-corrected chi connectivity index (χ3v) is 7.86. The van der Waals surface area contributed by atoms with E-state index in [0.29, 0.717) is 6.42 Å². The van der Waals surface area contributed by atoms with Crippen LogP contribution in [0.25, 0.3) is 5.57 Å². The zero-order valence-electron chi connectivity index (χ0n) is 19.2. The minimum absolute atomic E-state index is 0.110. The Morgan fingerprint density at radius 3 is 2.35 bits per heavy atom. The van der Waals surface area contributed by atoms with E-state index in [1.807, 2.05) is 67.6 Å². The second-order valence-corrected chi connectivity index (χ2v) is 9.74. The molecule has 34 heavy (non-hydrogen) atoms. The molecule has 3 aromatic carbocycles. The van der Waals surface area contributed by atoms with E-state index in [4.69, 9.17) is 4.74 Å². The van der Waals surface area contributed by atoms with Crippen LogP contribution >= 0.6 is 0 Å². The number of nitrogens with one attached hydrogen (secondary N) is 1. The number of rotatable bonds is 3. The number of para-hydroxylation sites is 1. The Bertz CT molecular complexity index is 1300. The fraction of sp³-hybridized carbons (Fsp3) is 0.267. The number of hydrogen-bond acceptors (Lipinski definition) is 3. The van der Waals surface area contributed by atoms with E-state index in [2.05, 4.69) is 29.6 Å². The first-order chi connectivity index (χ1) is 16.6. The molecule has 4 nitrogen and oxygen atoms in total. The van der Waals surface area contributed by atoms with Crippen LogP contribution in [-0.2, 0) is 26.3 Å². The molecule has 3 aromatic rings. The summed E-state index contributed by atoms with van der Waals surface area (Å²) in [5, 5.41) is 3.06. The van der Waals surface area contributed by atoms with Crippen molar-refractivity contribution in [2.24, 2.45) is 17.8 Å². The number of benzene rings is 3. The van der Waals surface area contributed by atoms with Gasteiger partial charge in [-0.15, -0.1) is 0 Å². The molecule has 0 saturated carbocycles. The fourth-order valence-corrected chi connectivity index (χ4v) is 6.29. The van der Waals surface area contributed by atoms with E-state index in [-0.39, 0.29) is 17.8 Å². The fourth-order valence-electron chi connectivity index (χ4n) is 6.29. The predicted molar refractivity (Wildman–Crippen MR) is 132 cm³/mol. The molecule has 0 aromatic heterocycles. The van der Waals surface area contributed by atoms with Gasteiger partial charge in [0.15, 0.2) is 0 Å². The van der Waals surface area contributed by atoms with E-state index < -0.39 is 17.4 Å². The Hall–Kier alpha value is -3.66. The van der Waals surface area contributed by atoms with Crippen molar-refractivity contribution in [3.63, 3.8) is 0 Å². The molecule has 170 valence electrons. The Balaban J connectivity index is 1.49. The lowest BCUT2D eigenvalue weighted by Gasteiger charge is -2.42. The second-order valence-electron chi connectivity index (χ2n) is 9.74. The van der Waals surface area contributed by atoms with Gasteiger partial charge in [-0.25, -0.2) is 0 Å². The molecule has 1 saturated heterocycles. The smallest absolute Gasteiger partial charge is 0.311 e. The summed E-state index contributed by atoms with van der Waals surface area (Å²) >= 11 is 0. The number of carbonyl (C=O) groups excluding carboxylic acids is 2. The molecule has 1 heterocycles. The largest absolute Gasteiger partial charge is 0.454 e. The van der Waals surface area contributed by atoms with Crippen LogP contribution in [0.2, 0.25) is 0 Å². The molecular formula is C30H27NO3. The van der Waals surface area contributed by atoms with Crippen molar-refractivity contribution in [2.45, 2.75) is 31.8 Å². The molecule has 1 fully saturated rings. The number of aryl methyl sites for hydroxylation is 1. The highest BCUT2D eigenvalue weighted by Gasteiger charge is 2.61. The Kier molecular flexibility index (Phi) is 4.91. The highest BCUT2D eigenvalue weighted by Crippen LogP contribution is 2.59. The minimum atomic E-state index is -0.834. The lowest BCUT2D eigenvalue weighted by Crippen LogP contribution is -2.42. The summed E-state index contributed by atoms with van der Waals surface area (Å²) in [7, 11) is 0. The maximum atomic E-state index is 13.6. The Morgan fingerprint density at radius 2 is 1.59 bits per heavy atom. The number of ether oxygens (including phenoxy) is 1. The van der Waals surface area contributed by atoms with E-state index in [1.165, 1.54) is 22.3 Å². The number of carbonyl (C=O) groups is 2. The second kappa shape index (κ2) is 7.98. The molecule has 1 N–H and O–H groups in total. The van der Waals surface area contributed by atoms with Crippen LogP contribution in [0.3, 0.4) is 0 Å². The first kappa shape index (κ1) is 20.9. The molecule has 3 aliphatic rings. The summed E-state index contributed by atoms with van der Waals surface area (Å²) in [4.78, 5) is 27.1. The van der Waals surface area contributed by atoms with E-state index >= 15 is 0 Å². The summed E-state index contributed by atoms with van der Waals surface area (Å²) < 4.78 is 6.22. The molecule has 0 radical (unpaired) electrons. The highest BCUT2D eigenvalue weighted by molar-refractivity contribution is 5.98. The number of amides is 1. The summed E-state index contributed by atoms with van der Waals surface area (Å²) in [5.41, 5.74) is 5.90. The number of allylic oxidation sites excluding steroid dienone is 1. The van der Waals surface area contributed by atoms with Crippen LogP contribution in [0.5, 0.6) is 0 Å². The minimum Gasteiger partial charge on any atom is -0.454 e. The molecule has 6 rings (SSSR count). The molecule has 2 aliphatic carbocycles. The van der Waals surface area contributed by atoms with Crippen molar-refractivity contribution in [1.82, 2.24) is 0 Å².